The Kier molecular flexibility index (Phi) is 3.48. The SMILES string of the molecule is CC(C)(C)c1cc(NN)nc(-c2ccc(F)cc2)n1. The van der Waals surface area contributed by atoms with E-state index in [1.165, 1.54) is 12.1 Å². The summed E-state index contributed by atoms with van der Waals surface area (Å²) in [5.41, 5.74) is 4.04. The normalized spacial score (nSPS) is 11.4. The van der Waals surface area contributed by atoms with E-state index < -0.39 is 0 Å². The minimum atomic E-state index is -0.284. The van der Waals surface area contributed by atoms with E-state index in [0.29, 0.717) is 11.6 Å². The van der Waals surface area contributed by atoms with Crippen LogP contribution in [0.25, 0.3) is 11.4 Å². The van der Waals surface area contributed by atoms with Crippen LogP contribution < -0.4 is 11.3 Å². The quantitative estimate of drug-likeness (QED) is 0.643. The molecule has 2 rings (SSSR count). The van der Waals surface area contributed by atoms with Crippen molar-refractivity contribution in [2.75, 3.05) is 5.43 Å². The zero-order valence-electron chi connectivity index (χ0n) is 11.2. The Bertz CT molecular complexity index is 573. The Labute approximate surface area is 111 Å². The second-order valence-corrected chi connectivity index (χ2v) is 5.36. The molecule has 0 radical (unpaired) electrons. The van der Waals surface area contributed by atoms with Crippen molar-refractivity contribution in [1.29, 1.82) is 0 Å². The summed E-state index contributed by atoms with van der Waals surface area (Å²) in [6, 6.07) is 7.89. The molecule has 4 nitrogen and oxygen atoms in total. The summed E-state index contributed by atoms with van der Waals surface area (Å²) in [6.07, 6.45) is 0. The molecule has 3 N–H and O–H groups in total. The minimum absolute atomic E-state index is 0.122. The number of hydrogen-bond acceptors (Lipinski definition) is 4. The number of nitrogens with one attached hydrogen (secondary N) is 1. The number of benzene rings is 1. The molecule has 1 aromatic heterocycles. The Balaban J connectivity index is 2.54. The third kappa shape index (κ3) is 3.06. The van der Waals surface area contributed by atoms with Gasteiger partial charge in [0.25, 0.3) is 0 Å². The number of halogens is 1. The molecule has 0 saturated carbocycles. The van der Waals surface area contributed by atoms with E-state index in [9.17, 15) is 4.39 Å². The highest BCUT2D eigenvalue weighted by atomic mass is 19.1. The van der Waals surface area contributed by atoms with Gasteiger partial charge in [-0.25, -0.2) is 20.2 Å². The summed E-state index contributed by atoms with van der Waals surface area (Å²) in [6.45, 7) is 6.18. The Morgan fingerprint density at radius 3 is 2.26 bits per heavy atom. The van der Waals surface area contributed by atoms with Crippen LogP contribution >= 0.6 is 0 Å². The molecule has 0 atom stereocenters. The molecule has 0 aliphatic heterocycles. The lowest BCUT2D eigenvalue weighted by Crippen LogP contribution is -2.17. The standard InChI is InChI=1S/C14H17FN4/c1-14(2,3)11-8-12(19-16)18-13(17-11)9-4-6-10(15)7-5-9/h4-8H,16H2,1-3H3,(H,17,18,19). The zero-order chi connectivity index (χ0) is 14.0. The van der Waals surface area contributed by atoms with Gasteiger partial charge in [-0.1, -0.05) is 20.8 Å². The number of nitrogens with zero attached hydrogens (tertiary/aromatic N) is 2. The first-order valence-electron chi connectivity index (χ1n) is 6.02. The maximum Gasteiger partial charge on any atom is 0.161 e. The van der Waals surface area contributed by atoms with Crippen molar-refractivity contribution in [3.05, 3.63) is 41.8 Å². The first kappa shape index (κ1) is 13.4. The van der Waals surface area contributed by atoms with E-state index in [1.807, 2.05) is 6.07 Å². The Morgan fingerprint density at radius 1 is 1.11 bits per heavy atom. The Morgan fingerprint density at radius 2 is 1.74 bits per heavy atom. The van der Waals surface area contributed by atoms with Gasteiger partial charge < -0.3 is 5.43 Å². The van der Waals surface area contributed by atoms with E-state index in [0.717, 1.165) is 11.3 Å². The molecule has 1 heterocycles. The second kappa shape index (κ2) is 4.93. The number of nitrogen functional groups attached to an aromatic ring is 1. The molecule has 0 bridgehead atoms. The average molecular weight is 260 g/mol. The van der Waals surface area contributed by atoms with Gasteiger partial charge in [-0.15, -0.1) is 0 Å². The summed E-state index contributed by atoms with van der Waals surface area (Å²) < 4.78 is 12.9. The van der Waals surface area contributed by atoms with Crippen molar-refractivity contribution in [2.24, 2.45) is 5.84 Å². The minimum Gasteiger partial charge on any atom is -0.308 e. The molecule has 19 heavy (non-hydrogen) atoms. The van der Waals surface area contributed by atoms with E-state index in [1.54, 1.807) is 12.1 Å². The Hall–Kier alpha value is -2.01. The summed E-state index contributed by atoms with van der Waals surface area (Å²) in [4.78, 5) is 8.82. The first-order valence-corrected chi connectivity index (χ1v) is 6.02. The highest BCUT2D eigenvalue weighted by molar-refractivity contribution is 5.57. The second-order valence-electron chi connectivity index (χ2n) is 5.36. The van der Waals surface area contributed by atoms with Gasteiger partial charge in [0.05, 0.1) is 5.69 Å². The molecule has 0 amide bonds. The van der Waals surface area contributed by atoms with Crippen molar-refractivity contribution < 1.29 is 4.39 Å². The van der Waals surface area contributed by atoms with Gasteiger partial charge in [-0.3, -0.25) is 0 Å². The fourth-order valence-corrected chi connectivity index (χ4v) is 1.63. The molecular formula is C14H17FN4. The van der Waals surface area contributed by atoms with Crippen molar-refractivity contribution in [3.8, 4) is 11.4 Å². The molecule has 100 valence electrons. The zero-order valence-corrected chi connectivity index (χ0v) is 11.2. The molecule has 0 unspecified atom stereocenters. The van der Waals surface area contributed by atoms with Crippen LogP contribution in [0.15, 0.2) is 30.3 Å². The van der Waals surface area contributed by atoms with Crippen LogP contribution in [0.1, 0.15) is 26.5 Å². The largest absolute Gasteiger partial charge is 0.308 e. The van der Waals surface area contributed by atoms with E-state index in [4.69, 9.17) is 5.84 Å². The van der Waals surface area contributed by atoms with Crippen molar-refractivity contribution in [3.63, 3.8) is 0 Å². The predicted molar refractivity (Wildman–Crippen MR) is 73.9 cm³/mol. The molecule has 5 heteroatoms. The smallest absolute Gasteiger partial charge is 0.161 e. The maximum atomic E-state index is 12.9. The number of hydrazine groups is 1. The summed E-state index contributed by atoms with van der Waals surface area (Å²) in [5.74, 6) is 6.22. The number of nitrogens with two attached hydrogens (primary N) is 1. The van der Waals surface area contributed by atoms with Crippen molar-refractivity contribution in [2.45, 2.75) is 26.2 Å². The predicted octanol–water partition coefficient (Wildman–Crippen LogP) is 2.87. The van der Waals surface area contributed by atoms with Crippen molar-refractivity contribution in [1.82, 2.24) is 9.97 Å². The molecule has 0 saturated heterocycles. The monoisotopic (exact) mass is 260 g/mol. The van der Waals surface area contributed by atoms with E-state index in [-0.39, 0.29) is 11.2 Å². The van der Waals surface area contributed by atoms with E-state index >= 15 is 0 Å². The van der Waals surface area contributed by atoms with Gasteiger partial charge in [-0.2, -0.15) is 0 Å². The van der Waals surface area contributed by atoms with Crippen LogP contribution in [0.4, 0.5) is 10.2 Å². The number of hydrogen-bond donors (Lipinski definition) is 2. The lowest BCUT2D eigenvalue weighted by Gasteiger charge is -2.19. The molecule has 0 fully saturated rings. The van der Waals surface area contributed by atoms with Crippen molar-refractivity contribution >= 4 is 5.82 Å². The summed E-state index contributed by atoms with van der Waals surface area (Å²) in [7, 11) is 0. The summed E-state index contributed by atoms with van der Waals surface area (Å²) >= 11 is 0. The van der Waals surface area contributed by atoms with Crippen LogP contribution in [-0.2, 0) is 5.41 Å². The fourth-order valence-electron chi connectivity index (χ4n) is 1.63. The topological polar surface area (TPSA) is 63.8 Å². The average Bonchev–Trinajstić information content (AvgIpc) is 2.38. The van der Waals surface area contributed by atoms with Crippen LogP contribution in [0.2, 0.25) is 0 Å². The molecule has 0 spiro atoms. The van der Waals surface area contributed by atoms with Crippen LogP contribution in [0.5, 0.6) is 0 Å². The van der Waals surface area contributed by atoms with Crippen LogP contribution in [-0.4, -0.2) is 9.97 Å². The molecule has 0 aliphatic rings. The van der Waals surface area contributed by atoms with E-state index in [2.05, 4.69) is 36.2 Å². The number of rotatable bonds is 2. The van der Waals surface area contributed by atoms with Crippen LogP contribution in [0.3, 0.4) is 0 Å². The van der Waals surface area contributed by atoms with Gasteiger partial charge in [0.1, 0.15) is 11.6 Å². The maximum absolute atomic E-state index is 12.9. The van der Waals surface area contributed by atoms with Gasteiger partial charge in [-0.05, 0) is 24.3 Å². The molecular weight excluding hydrogens is 243 g/mol. The third-order valence-corrected chi connectivity index (χ3v) is 2.74. The van der Waals surface area contributed by atoms with Crippen LogP contribution in [0, 0.1) is 5.82 Å². The molecule has 1 aromatic carbocycles. The lowest BCUT2D eigenvalue weighted by atomic mass is 9.92. The van der Waals surface area contributed by atoms with Gasteiger partial charge in [0, 0.05) is 17.0 Å². The van der Waals surface area contributed by atoms with Gasteiger partial charge >= 0.3 is 0 Å². The summed E-state index contributed by atoms with van der Waals surface area (Å²) in [5, 5.41) is 0. The van der Waals surface area contributed by atoms with Gasteiger partial charge in [0.2, 0.25) is 0 Å². The fraction of sp³-hybridized carbons (Fsp3) is 0.286. The lowest BCUT2D eigenvalue weighted by molar-refractivity contribution is 0.568. The third-order valence-electron chi connectivity index (χ3n) is 2.74. The highest BCUT2D eigenvalue weighted by Crippen LogP contribution is 2.25. The highest BCUT2D eigenvalue weighted by Gasteiger charge is 2.18. The van der Waals surface area contributed by atoms with Gasteiger partial charge in [0.15, 0.2) is 5.82 Å². The molecule has 2 aromatic rings. The number of anilines is 1. The first-order chi connectivity index (χ1) is 8.90. The number of aromatic nitrogens is 2. The molecule has 0 aliphatic carbocycles.